The van der Waals surface area contributed by atoms with Crippen molar-refractivity contribution < 1.29 is 13.2 Å². The van der Waals surface area contributed by atoms with Gasteiger partial charge >= 0.3 is 0 Å². The molecular formula is C15H22N2O3S2. The summed E-state index contributed by atoms with van der Waals surface area (Å²) in [6.07, 6.45) is 5.37. The van der Waals surface area contributed by atoms with E-state index in [1.54, 1.807) is 30.5 Å². The van der Waals surface area contributed by atoms with Crippen LogP contribution in [0.4, 0.5) is 0 Å². The second-order valence-corrected chi connectivity index (χ2v) is 10.3. The van der Waals surface area contributed by atoms with Crippen molar-refractivity contribution in [2.75, 3.05) is 11.5 Å². The third-order valence-electron chi connectivity index (χ3n) is 3.49. The molecule has 1 amide bonds. The van der Waals surface area contributed by atoms with E-state index >= 15 is 0 Å². The zero-order valence-electron chi connectivity index (χ0n) is 13.3. The van der Waals surface area contributed by atoms with Gasteiger partial charge in [0.1, 0.15) is 0 Å². The summed E-state index contributed by atoms with van der Waals surface area (Å²) < 4.78 is 23.1. The molecule has 1 saturated heterocycles. The van der Waals surface area contributed by atoms with Gasteiger partial charge in [-0.3, -0.25) is 4.79 Å². The highest BCUT2D eigenvalue weighted by Crippen LogP contribution is 2.27. The van der Waals surface area contributed by atoms with Crippen LogP contribution in [-0.4, -0.2) is 36.4 Å². The van der Waals surface area contributed by atoms with Crippen molar-refractivity contribution in [3.05, 3.63) is 22.2 Å². The SMILES string of the molecule is CC(C)(C)c1ncc(/C=C/C(=O)N[C@@]2(C)CCS(=O)(=O)C2)s1. The van der Waals surface area contributed by atoms with E-state index in [2.05, 4.69) is 31.1 Å². The predicted molar refractivity (Wildman–Crippen MR) is 89.7 cm³/mol. The van der Waals surface area contributed by atoms with Crippen molar-refractivity contribution in [2.45, 2.75) is 45.1 Å². The molecule has 1 atom stereocenters. The van der Waals surface area contributed by atoms with Gasteiger partial charge in [0.05, 0.1) is 22.1 Å². The zero-order chi connectivity index (χ0) is 16.6. The Kier molecular flexibility index (Phi) is 4.50. The summed E-state index contributed by atoms with van der Waals surface area (Å²) in [5.74, 6) is -0.128. The number of nitrogens with one attached hydrogen (secondary N) is 1. The molecule has 1 aliphatic heterocycles. The lowest BCUT2D eigenvalue weighted by Gasteiger charge is -2.22. The van der Waals surface area contributed by atoms with E-state index in [1.807, 2.05) is 0 Å². The van der Waals surface area contributed by atoms with Crippen molar-refractivity contribution >= 4 is 33.2 Å². The van der Waals surface area contributed by atoms with Crippen molar-refractivity contribution in [1.82, 2.24) is 10.3 Å². The minimum Gasteiger partial charge on any atom is -0.346 e. The fourth-order valence-corrected chi connectivity index (χ4v) is 5.29. The first-order chi connectivity index (χ1) is 9.99. The van der Waals surface area contributed by atoms with E-state index in [0.717, 1.165) is 9.88 Å². The summed E-state index contributed by atoms with van der Waals surface area (Å²) in [4.78, 5) is 17.2. The molecule has 0 bridgehead atoms. The Morgan fingerprint density at radius 3 is 2.64 bits per heavy atom. The first-order valence-electron chi connectivity index (χ1n) is 7.16. The molecule has 0 radical (unpaired) electrons. The maximum Gasteiger partial charge on any atom is 0.244 e. The Morgan fingerprint density at radius 1 is 1.45 bits per heavy atom. The van der Waals surface area contributed by atoms with Crippen molar-refractivity contribution in [1.29, 1.82) is 0 Å². The lowest BCUT2D eigenvalue weighted by atomic mass is 9.98. The first-order valence-corrected chi connectivity index (χ1v) is 9.80. The molecule has 2 heterocycles. The van der Waals surface area contributed by atoms with Crippen LogP contribution < -0.4 is 5.32 Å². The van der Waals surface area contributed by atoms with Gasteiger partial charge in [-0.25, -0.2) is 13.4 Å². The number of carbonyl (C=O) groups is 1. The second-order valence-electron chi connectivity index (χ2n) is 7.04. The molecule has 1 aromatic rings. The molecule has 122 valence electrons. The average molecular weight is 342 g/mol. The molecule has 0 spiro atoms. The Morgan fingerprint density at radius 2 is 2.14 bits per heavy atom. The lowest BCUT2D eigenvalue weighted by molar-refractivity contribution is -0.117. The van der Waals surface area contributed by atoms with Crippen molar-refractivity contribution in [3.63, 3.8) is 0 Å². The van der Waals surface area contributed by atoms with Crippen LogP contribution in [-0.2, 0) is 20.0 Å². The Labute approximate surface area is 135 Å². The second kappa shape index (κ2) is 5.77. The minimum absolute atomic E-state index is 0.00824. The number of sulfone groups is 1. The fraction of sp³-hybridized carbons (Fsp3) is 0.600. The Hall–Kier alpha value is -1.21. The molecule has 5 nitrogen and oxygen atoms in total. The number of hydrogen-bond donors (Lipinski definition) is 1. The largest absolute Gasteiger partial charge is 0.346 e. The van der Waals surface area contributed by atoms with Crippen molar-refractivity contribution in [2.24, 2.45) is 0 Å². The number of amides is 1. The monoisotopic (exact) mass is 342 g/mol. The van der Waals surface area contributed by atoms with Gasteiger partial charge in [-0.1, -0.05) is 20.8 Å². The number of rotatable bonds is 3. The van der Waals surface area contributed by atoms with Gasteiger partial charge in [0.25, 0.3) is 0 Å². The molecule has 22 heavy (non-hydrogen) atoms. The van der Waals surface area contributed by atoms with Crippen LogP contribution in [0.3, 0.4) is 0 Å². The van der Waals surface area contributed by atoms with Gasteiger partial charge < -0.3 is 5.32 Å². The van der Waals surface area contributed by atoms with Crippen LogP contribution >= 0.6 is 11.3 Å². The highest BCUT2D eigenvalue weighted by Gasteiger charge is 2.39. The standard InChI is InChI=1S/C15H22N2O3S2/c1-14(2,3)13-16-9-11(21-13)5-6-12(18)17-15(4)7-8-22(19,20)10-15/h5-6,9H,7-8,10H2,1-4H3,(H,17,18)/b6-5+/t15-/m0/s1. The predicted octanol–water partition coefficient (Wildman–Crippen LogP) is 2.15. The Balaban J connectivity index is 1.99. The van der Waals surface area contributed by atoms with E-state index in [-0.39, 0.29) is 22.8 Å². The molecule has 0 aliphatic carbocycles. The summed E-state index contributed by atoms with van der Waals surface area (Å²) in [6, 6.07) is 0. The third kappa shape index (κ3) is 4.39. The minimum atomic E-state index is -3.03. The Bertz CT molecular complexity index is 699. The van der Waals surface area contributed by atoms with Crippen LogP contribution in [0.5, 0.6) is 0 Å². The maximum atomic E-state index is 12.0. The fourth-order valence-electron chi connectivity index (χ4n) is 2.32. The molecule has 2 rings (SSSR count). The molecule has 1 N–H and O–H groups in total. The van der Waals surface area contributed by atoms with Crippen LogP contribution in [0.25, 0.3) is 6.08 Å². The third-order valence-corrected chi connectivity index (χ3v) is 6.78. The van der Waals surface area contributed by atoms with Crippen LogP contribution in [0.15, 0.2) is 12.3 Å². The van der Waals surface area contributed by atoms with Gasteiger partial charge in [0, 0.05) is 22.6 Å². The van der Waals surface area contributed by atoms with E-state index in [0.29, 0.717) is 6.42 Å². The lowest BCUT2D eigenvalue weighted by Crippen LogP contribution is -2.46. The quantitative estimate of drug-likeness (QED) is 0.854. The van der Waals surface area contributed by atoms with Gasteiger partial charge in [0.15, 0.2) is 9.84 Å². The maximum absolute atomic E-state index is 12.0. The van der Waals surface area contributed by atoms with E-state index < -0.39 is 15.4 Å². The summed E-state index contributed by atoms with van der Waals surface area (Å²) >= 11 is 1.55. The van der Waals surface area contributed by atoms with E-state index in [9.17, 15) is 13.2 Å². The number of aromatic nitrogens is 1. The molecule has 1 fully saturated rings. The average Bonchev–Trinajstić information content (AvgIpc) is 2.91. The molecule has 1 aromatic heterocycles. The smallest absolute Gasteiger partial charge is 0.244 e. The summed E-state index contributed by atoms with van der Waals surface area (Å²) in [5.41, 5.74) is -0.671. The summed E-state index contributed by atoms with van der Waals surface area (Å²) in [5, 5.41) is 3.81. The van der Waals surface area contributed by atoms with Gasteiger partial charge in [-0.15, -0.1) is 11.3 Å². The van der Waals surface area contributed by atoms with E-state index in [4.69, 9.17) is 0 Å². The van der Waals surface area contributed by atoms with Gasteiger partial charge in [-0.2, -0.15) is 0 Å². The highest BCUT2D eigenvalue weighted by molar-refractivity contribution is 7.91. The van der Waals surface area contributed by atoms with Crippen LogP contribution in [0, 0.1) is 0 Å². The molecule has 0 saturated carbocycles. The number of hydrogen-bond acceptors (Lipinski definition) is 5. The molecular weight excluding hydrogens is 320 g/mol. The summed E-state index contributed by atoms with van der Waals surface area (Å²) in [7, 11) is -3.03. The van der Waals surface area contributed by atoms with Gasteiger partial charge in [-0.05, 0) is 19.4 Å². The first kappa shape index (κ1) is 17.1. The molecule has 0 unspecified atom stereocenters. The number of nitrogens with zero attached hydrogens (tertiary/aromatic N) is 1. The van der Waals surface area contributed by atoms with Crippen LogP contribution in [0.2, 0.25) is 0 Å². The molecule has 0 aromatic carbocycles. The normalized spacial score (nSPS) is 24.7. The highest BCUT2D eigenvalue weighted by atomic mass is 32.2. The molecule has 7 heteroatoms. The van der Waals surface area contributed by atoms with Gasteiger partial charge in [0.2, 0.25) is 5.91 Å². The van der Waals surface area contributed by atoms with Crippen LogP contribution in [0.1, 0.15) is 44.0 Å². The number of thiazole rings is 1. The topological polar surface area (TPSA) is 76.1 Å². The van der Waals surface area contributed by atoms with E-state index in [1.165, 1.54) is 6.08 Å². The zero-order valence-corrected chi connectivity index (χ0v) is 15.0. The summed E-state index contributed by atoms with van der Waals surface area (Å²) in [6.45, 7) is 8.04. The van der Waals surface area contributed by atoms with Crippen molar-refractivity contribution in [3.8, 4) is 0 Å². The molecule has 1 aliphatic rings. The number of carbonyl (C=O) groups excluding carboxylic acids is 1.